The van der Waals surface area contributed by atoms with E-state index in [2.05, 4.69) is 34.7 Å². The maximum absolute atomic E-state index is 5.53. The van der Waals surface area contributed by atoms with Gasteiger partial charge in [0.15, 0.2) is 5.96 Å². The first-order chi connectivity index (χ1) is 10.2. The average Bonchev–Trinajstić information content (AvgIpc) is 2.49. The lowest BCUT2D eigenvalue weighted by atomic mass is 10.1. The van der Waals surface area contributed by atoms with Crippen LogP contribution in [-0.4, -0.2) is 45.9 Å². The van der Waals surface area contributed by atoms with Crippen molar-refractivity contribution in [3.8, 4) is 0 Å². The summed E-state index contributed by atoms with van der Waals surface area (Å²) in [5.74, 6) is 0.778. The molecule has 5 nitrogen and oxygen atoms in total. The van der Waals surface area contributed by atoms with Crippen LogP contribution in [0, 0.1) is 0 Å². The third kappa shape index (κ3) is 6.60. The molecule has 0 aliphatic heterocycles. The topological polar surface area (TPSA) is 54.9 Å². The summed E-state index contributed by atoms with van der Waals surface area (Å²) in [6.07, 6.45) is -0.0422. The van der Waals surface area contributed by atoms with Crippen LogP contribution in [0.1, 0.15) is 25.5 Å². The number of hydrogen-bond acceptors (Lipinski definition) is 3. The number of rotatable bonds is 8. The summed E-state index contributed by atoms with van der Waals surface area (Å²) >= 11 is 0. The van der Waals surface area contributed by atoms with Gasteiger partial charge in [0.1, 0.15) is 6.10 Å². The Morgan fingerprint density at radius 3 is 2.52 bits per heavy atom. The predicted molar refractivity (Wildman–Crippen MR) is 86.6 cm³/mol. The summed E-state index contributed by atoms with van der Waals surface area (Å²) in [6.45, 7) is 6.12. The summed E-state index contributed by atoms with van der Waals surface area (Å²) in [4.78, 5) is 4.60. The highest BCUT2D eigenvalue weighted by molar-refractivity contribution is 5.80. The van der Waals surface area contributed by atoms with Crippen molar-refractivity contribution in [2.45, 2.75) is 26.0 Å². The molecule has 0 heterocycles. The Balaban J connectivity index is 2.66. The minimum atomic E-state index is -0.0422. The van der Waals surface area contributed by atoms with Crippen molar-refractivity contribution in [3.05, 3.63) is 35.9 Å². The molecule has 21 heavy (non-hydrogen) atoms. The molecule has 0 fully saturated rings. The Morgan fingerprint density at radius 1 is 1.24 bits per heavy atom. The Labute approximate surface area is 127 Å². The minimum Gasteiger partial charge on any atom is -0.383 e. The zero-order valence-electron chi connectivity index (χ0n) is 13.4. The number of guanidine groups is 1. The molecule has 0 aromatic heterocycles. The molecule has 2 atom stereocenters. The van der Waals surface area contributed by atoms with E-state index in [4.69, 9.17) is 9.47 Å². The largest absolute Gasteiger partial charge is 0.383 e. The standard InChI is InChI=1S/C16H27N3O2/c1-5-17-16(19-13(2)12-20-3)18-11-15(21-4)14-9-7-6-8-10-14/h6-10,13,15H,5,11-12H2,1-4H3,(H2,17,18,19). The lowest BCUT2D eigenvalue weighted by Crippen LogP contribution is -2.44. The number of nitrogens with one attached hydrogen (secondary N) is 2. The quantitative estimate of drug-likeness (QED) is 0.568. The van der Waals surface area contributed by atoms with Gasteiger partial charge in [0.25, 0.3) is 0 Å². The van der Waals surface area contributed by atoms with Gasteiger partial charge in [-0.05, 0) is 19.4 Å². The highest BCUT2D eigenvalue weighted by Crippen LogP contribution is 2.16. The van der Waals surface area contributed by atoms with Crippen molar-refractivity contribution in [1.29, 1.82) is 0 Å². The van der Waals surface area contributed by atoms with Gasteiger partial charge in [0.2, 0.25) is 0 Å². The summed E-state index contributed by atoms with van der Waals surface area (Å²) in [7, 11) is 3.40. The molecule has 0 saturated carbocycles. The Kier molecular flexibility index (Phi) is 8.47. The molecule has 0 aliphatic rings. The molecule has 1 aromatic rings. The van der Waals surface area contributed by atoms with E-state index in [1.54, 1.807) is 14.2 Å². The number of nitrogens with zero attached hydrogens (tertiary/aromatic N) is 1. The SMILES string of the molecule is CCNC(=NCC(OC)c1ccccc1)NC(C)COC. The van der Waals surface area contributed by atoms with E-state index in [1.165, 1.54) is 0 Å². The van der Waals surface area contributed by atoms with Crippen molar-refractivity contribution in [1.82, 2.24) is 10.6 Å². The molecular weight excluding hydrogens is 266 g/mol. The molecule has 1 rings (SSSR count). The molecule has 0 radical (unpaired) electrons. The van der Waals surface area contributed by atoms with Crippen molar-refractivity contribution in [2.24, 2.45) is 4.99 Å². The zero-order chi connectivity index (χ0) is 15.5. The van der Waals surface area contributed by atoms with Crippen LogP contribution in [0.4, 0.5) is 0 Å². The summed E-state index contributed by atoms with van der Waals surface area (Å²) in [5, 5.41) is 6.54. The molecule has 0 saturated heterocycles. The fourth-order valence-corrected chi connectivity index (χ4v) is 2.00. The molecule has 2 N–H and O–H groups in total. The summed E-state index contributed by atoms with van der Waals surface area (Å²) < 4.78 is 10.7. The van der Waals surface area contributed by atoms with Gasteiger partial charge in [-0.25, -0.2) is 0 Å². The average molecular weight is 293 g/mol. The van der Waals surface area contributed by atoms with E-state index < -0.39 is 0 Å². The first-order valence-corrected chi connectivity index (χ1v) is 7.32. The predicted octanol–water partition coefficient (Wildman–Crippen LogP) is 1.96. The number of methoxy groups -OCH3 is 2. The van der Waals surface area contributed by atoms with Gasteiger partial charge >= 0.3 is 0 Å². The summed E-state index contributed by atoms with van der Waals surface area (Å²) in [5.41, 5.74) is 1.13. The van der Waals surface area contributed by atoms with E-state index in [-0.39, 0.29) is 12.1 Å². The highest BCUT2D eigenvalue weighted by atomic mass is 16.5. The fourth-order valence-electron chi connectivity index (χ4n) is 2.00. The first kappa shape index (κ1) is 17.5. The van der Waals surface area contributed by atoms with E-state index in [0.717, 1.165) is 18.1 Å². The fraction of sp³-hybridized carbons (Fsp3) is 0.562. The van der Waals surface area contributed by atoms with Gasteiger partial charge in [-0.3, -0.25) is 4.99 Å². The van der Waals surface area contributed by atoms with E-state index in [1.807, 2.05) is 25.1 Å². The van der Waals surface area contributed by atoms with Crippen LogP contribution in [0.5, 0.6) is 0 Å². The molecule has 0 amide bonds. The van der Waals surface area contributed by atoms with Crippen molar-refractivity contribution in [3.63, 3.8) is 0 Å². The Hall–Kier alpha value is -1.59. The van der Waals surface area contributed by atoms with Crippen molar-refractivity contribution < 1.29 is 9.47 Å². The second kappa shape index (κ2) is 10.2. The number of ether oxygens (including phenoxy) is 2. The van der Waals surface area contributed by atoms with Crippen LogP contribution in [0.25, 0.3) is 0 Å². The third-order valence-corrected chi connectivity index (χ3v) is 3.02. The Morgan fingerprint density at radius 2 is 1.95 bits per heavy atom. The van der Waals surface area contributed by atoms with Crippen LogP contribution in [0.3, 0.4) is 0 Å². The molecule has 2 unspecified atom stereocenters. The molecule has 0 spiro atoms. The van der Waals surface area contributed by atoms with Crippen molar-refractivity contribution >= 4 is 5.96 Å². The Bertz CT molecular complexity index is 409. The van der Waals surface area contributed by atoms with Gasteiger partial charge in [0, 0.05) is 26.8 Å². The van der Waals surface area contributed by atoms with Crippen LogP contribution >= 0.6 is 0 Å². The molecular formula is C16H27N3O2. The molecule has 118 valence electrons. The number of aliphatic imine (C=N–C) groups is 1. The van der Waals surface area contributed by atoms with Crippen LogP contribution in [0.15, 0.2) is 35.3 Å². The van der Waals surface area contributed by atoms with Crippen molar-refractivity contribution in [2.75, 3.05) is 33.9 Å². The number of benzene rings is 1. The first-order valence-electron chi connectivity index (χ1n) is 7.32. The van der Waals surface area contributed by atoms with Gasteiger partial charge in [-0.1, -0.05) is 30.3 Å². The normalized spacial score (nSPS) is 14.6. The van der Waals surface area contributed by atoms with Gasteiger partial charge < -0.3 is 20.1 Å². The lowest BCUT2D eigenvalue weighted by molar-refractivity contribution is 0.111. The molecule has 0 aliphatic carbocycles. The lowest BCUT2D eigenvalue weighted by Gasteiger charge is -2.19. The second-order valence-electron chi connectivity index (χ2n) is 4.86. The summed E-state index contributed by atoms with van der Waals surface area (Å²) in [6, 6.07) is 10.3. The highest BCUT2D eigenvalue weighted by Gasteiger charge is 2.10. The van der Waals surface area contributed by atoms with E-state index >= 15 is 0 Å². The van der Waals surface area contributed by atoms with Gasteiger partial charge in [-0.15, -0.1) is 0 Å². The third-order valence-electron chi connectivity index (χ3n) is 3.02. The van der Waals surface area contributed by atoms with Gasteiger partial charge in [-0.2, -0.15) is 0 Å². The maximum Gasteiger partial charge on any atom is 0.191 e. The monoisotopic (exact) mass is 293 g/mol. The zero-order valence-corrected chi connectivity index (χ0v) is 13.4. The number of hydrogen-bond donors (Lipinski definition) is 2. The van der Waals surface area contributed by atoms with Gasteiger partial charge in [0.05, 0.1) is 13.2 Å². The minimum absolute atomic E-state index is 0.0422. The molecule has 0 bridgehead atoms. The second-order valence-corrected chi connectivity index (χ2v) is 4.86. The van der Waals surface area contributed by atoms with Crippen LogP contribution < -0.4 is 10.6 Å². The maximum atomic E-state index is 5.53. The molecule has 5 heteroatoms. The van der Waals surface area contributed by atoms with Crippen LogP contribution in [0.2, 0.25) is 0 Å². The molecule has 1 aromatic carbocycles. The van der Waals surface area contributed by atoms with Crippen LogP contribution in [-0.2, 0) is 9.47 Å². The van der Waals surface area contributed by atoms with E-state index in [0.29, 0.717) is 13.2 Å². The van der Waals surface area contributed by atoms with E-state index in [9.17, 15) is 0 Å². The smallest absolute Gasteiger partial charge is 0.191 e.